The molecule has 2 N–H and O–H groups in total. The number of hydrogen-bond acceptors (Lipinski definition) is 7. The van der Waals surface area contributed by atoms with Gasteiger partial charge in [0, 0.05) is 32.0 Å². The molecule has 2 aromatic rings. The number of alkyl halides is 2. The molecule has 3 heterocycles. The summed E-state index contributed by atoms with van der Waals surface area (Å²) in [5.41, 5.74) is 4.48. The van der Waals surface area contributed by atoms with Crippen molar-refractivity contribution < 1.29 is 32.3 Å². The maximum absolute atomic E-state index is 15.1. The Labute approximate surface area is 205 Å². The van der Waals surface area contributed by atoms with E-state index >= 15 is 4.39 Å². The predicted molar refractivity (Wildman–Crippen MR) is 123 cm³/mol. The molecule has 1 aromatic heterocycles. The number of ether oxygens (including phenoxy) is 1. The lowest BCUT2D eigenvalue weighted by Gasteiger charge is -2.24. The summed E-state index contributed by atoms with van der Waals surface area (Å²) in [5.74, 6) is -2.12. The molecule has 0 radical (unpaired) electrons. The van der Waals surface area contributed by atoms with Gasteiger partial charge in [-0.1, -0.05) is 0 Å². The first-order chi connectivity index (χ1) is 17.3. The molecule has 10 nitrogen and oxygen atoms in total. The molecular formula is C23H25F3N6O4. The van der Waals surface area contributed by atoms with Gasteiger partial charge >= 0.3 is 12.5 Å². The molecule has 0 saturated carbocycles. The molecule has 2 aliphatic rings. The van der Waals surface area contributed by atoms with Crippen LogP contribution in [-0.4, -0.2) is 79.7 Å². The summed E-state index contributed by atoms with van der Waals surface area (Å²) in [6.45, 7) is 1.31. The van der Waals surface area contributed by atoms with Crippen LogP contribution >= 0.6 is 0 Å². The maximum Gasteiger partial charge on any atom is 0.414 e. The molecule has 0 spiro atoms. The Kier molecular flexibility index (Phi) is 7.88. The number of carbonyl (C=O) groups excluding carboxylic acids is 3. The minimum Gasteiger partial charge on any atom is -0.442 e. The number of hydrazine groups is 1. The van der Waals surface area contributed by atoms with Gasteiger partial charge in [0.25, 0.3) is 5.91 Å². The van der Waals surface area contributed by atoms with Crippen molar-refractivity contribution in [2.75, 3.05) is 49.1 Å². The van der Waals surface area contributed by atoms with Gasteiger partial charge in [-0.15, -0.1) is 0 Å². The van der Waals surface area contributed by atoms with E-state index in [1.54, 1.807) is 35.5 Å². The van der Waals surface area contributed by atoms with Crippen molar-refractivity contribution in [3.8, 4) is 0 Å². The van der Waals surface area contributed by atoms with Crippen LogP contribution in [0.2, 0.25) is 0 Å². The number of amides is 3. The lowest BCUT2D eigenvalue weighted by molar-refractivity contribution is -0.133. The summed E-state index contributed by atoms with van der Waals surface area (Å²) in [5, 5.41) is 3.53. The number of rotatable bonds is 7. The fourth-order valence-electron chi connectivity index (χ4n) is 4.01. The first-order valence-electron chi connectivity index (χ1n) is 11.3. The Morgan fingerprint density at radius 1 is 1.17 bits per heavy atom. The van der Waals surface area contributed by atoms with E-state index < -0.39 is 30.3 Å². The fraction of sp³-hybridized carbons (Fsp3) is 0.391. The minimum atomic E-state index is -3.17. The summed E-state index contributed by atoms with van der Waals surface area (Å²) in [7, 11) is 0. The van der Waals surface area contributed by atoms with E-state index in [2.05, 4.69) is 10.4 Å². The van der Waals surface area contributed by atoms with Gasteiger partial charge in [-0.3, -0.25) is 24.5 Å². The van der Waals surface area contributed by atoms with Crippen LogP contribution in [0.1, 0.15) is 5.56 Å². The Bertz CT molecular complexity index is 1110. The lowest BCUT2D eigenvalue weighted by atomic mass is 10.2. The van der Waals surface area contributed by atoms with Gasteiger partial charge in [0.2, 0.25) is 5.91 Å². The molecule has 36 heavy (non-hydrogen) atoms. The van der Waals surface area contributed by atoms with Gasteiger partial charge in [0.1, 0.15) is 11.9 Å². The number of cyclic esters (lactones) is 1. The zero-order valence-electron chi connectivity index (χ0n) is 19.2. The van der Waals surface area contributed by atoms with Crippen molar-refractivity contribution in [1.29, 1.82) is 0 Å². The monoisotopic (exact) mass is 506 g/mol. The zero-order valence-corrected chi connectivity index (χ0v) is 19.2. The molecule has 0 unspecified atom stereocenters. The van der Waals surface area contributed by atoms with Gasteiger partial charge in [-0.05, 0) is 35.9 Å². The second-order valence-electron chi connectivity index (χ2n) is 8.27. The van der Waals surface area contributed by atoms with Gasteiger partial charge < -0.3 is 15.0 Å². The molecule has 0 bridgehead atoms. The second-order valence-corrected chi connectivity index (χ2v) is 8.27. The van der Waals surface area contributed by atoms with Gasteiger partial charge in [-0.25, -0.2) is 14.6 Å². The van der Waals surface area contributed by atoms with Crippen LogP contribution in [0.4, 0.5) is 29.3 Å². The normalized spacial score (nSPS) is 18.3. The molecule has 2 aliphatic heterocycles. The third-order valence-corrected chi connectivity index (χ3v) is 5.84. The molecule has 2 fully saturated rings. The fourth-order valence-corrected chi connectivity index (χ4v) is 4.01. The molecular weight excluding hydrogens is 481 g/mol. The van der Waals surface area contributed by atoms with Crippen LogP contribution in [0.3, 0.4) is 0 Å². The van der Waals surface area contributed by atoms with Gasteiger partial charge in [0.05, 0.1) is 37.4 Å². The molecule has 4 rings (SSSR count). The number of carbonyl (C=O) groups is 3. The highest BCUT2D eigenvalue weighted by Gasteiger charge is 2.33. The maximum atomic E-state index is 15.1. The van der Waals surface area contributed by atoms with E-state index in [1.165, 1.54) is 22.0 Å². The van der Waals surface area contributed by atoms with Crippen molar-refractivity contribution in [2.45, 2.75) is 19.0 Å². The zero-order chi connectivity index (χ0) is 25.7. The predicted octanol–water partition coefficient (Wildman–Crippen LogP) is 1.32. The third kappa shape index (κ3) is 6.03. The van der Waals surface area contributed by atoms with Gasteiger partial charge in [0.15, 0.2) is 0 Å². The Balaban J connectivity index is 1.35. The van der Waals surface area contributed by atoms with E-state index in [0.717, 1.165) is 5.56 Å². The minimum absolute atomic E-state index is 0.0245. The summed E-state index contributed by atoms with van der Waals surface area (Å²) in [6.07, 6.45) is -1.30. The number of aromatic nitrogens is 1. The van der Waals surface area contributed by atoms with Crippen LogP contribution in [0, 0.1) is 5.82 Å². The van der Waals surface area contributed by atoms with Crippen LogP contribution in [0.15, 0.2) is 42.7 Å². The Morgan fingerprint density at radius 2 is 1.94 bits per heavy atom. The smallest absolute Gasteiger partial charge is 0.414 e. The first-order valence-corrected chi connectivity index (χ1v) is 11.3. The number of pyridine rings is 1. The lowest BCUT2D eigenvalue weighted by Crippen LogP contribution is -2.44. The Morgan fingerprint density at radius 3 is 2.67 bits per heavy atom. The largest absolute Gasteiger partial charge is 0.442 e. The summed E-state index contributed by atoms with van der Waals surface area (Å²) >= 11 is 0. The van der Waals surface area contributed by atoms with Crippen LogP contribution in [0.25, 0.3) is 0 Å². The van der Waals surface area contributed by atoms with Crippen LogP contribution in [-0.2, 0) is 20.7 Å². The average molecular weight is 506 g/mol. The molecule has 1 aromatic carbocycles. The van der Waals surface area contributed by atoms with Gasteiger partial charge in [-0.2, -0.15) is 8.78 Å². The standard InChI is InChI=1S/C23H25F3N6O4/c24-18-12-16(31-14-17(36-23(31)35)13-28-22(34)21(25)26)1-2-19(18)30-8-7-29-32(10-9-30)20(33)11-15-3-5-27-6-4-15/h1-6,12,17,21,29H,7-11,13-14H2,(H,28,34)/t17-/m0/s1. The van der Waals surface area contributed by atoms with Crippen molar-refractivity contribution in [1.82, 2.24) is 20.7 Å². The van der Waals surface area contributed by atoms with E-state index in [1.807, 2.05) is 5.32 Å². The molecule has 13 heteroatoms. The van der Waals surface area contributed by atoms with E-state index in [-0.39, 0.29) is 31.1 Å². The SMILES string of the molecule is O=C(NC[C@H]1CN(c2ccc(N3CCNN(C(=O)Cc4ccncc4)CC3)c(F)c2)C(=O)O1)C(F)F. The van der Waals surface area contributed by atoms with E-state index in [9.17, 15) is 23.2 Å². The third-order valence-electron chi connectivity index (χ3n) is 5.84. The van der Waals surface area contributed by atoms with Crippen molar-refractivity contribution in [3.63, 3.8) is 0 Å². The van der Waals surface area contributed by atoms with Crippen molar-refractivity contribution in [2.24, 2.45) is 0 Å². The van der Waals surface area contributed by atoms with E-state index in [4.69, 9.17) is 4.74 Å². The van der Waals surface area contributed by atoms with E-state index in [0.29, 0.717) is 31.9 Å². The highest BCUT2D eigenvalue weighted by atomic mass is 19.3. The molecule has 2 saturated heterocycles. The number of nitrogens with zero attached hydrogens (tertiary/aromatic N) is 4. The molecule has 0 aliphatic carbocycles. The van der Waals surface area contributed by atoms with Crippen LogP contribution in [0.5, 0.6) is 0 Å². The first kappa shape index (κ1) is 25.2. The number of hydrogen-bond donors (Lipinski definition) is 2. The molecule has 192 valence electrons. The summed E-state index contributed by atoms with van der Waals surface area (Å²) < 4.78 is 44.8. The summed E-state index contributed by atoms with van der Waals surface area (Å²) in [6, 6.07) is 7.84. The number of halogens is 3. The van der Waals surface area contributed by atoms with Crippen molar-refractivity contribution >= 4 is 29.3 Å². The number of benzene rings is 1. The molecule has 3 amide bonds. The molecule has 1 atom stereocenters. The topological polar surface area (TPSA) is 107 Å². The van der Waals surface area contributed by atoms with Crippen LogP contribution < -0.4 is 20.5 Å². The quantitative estimate of drug-likeness (QED) is 0.584. The van der Waals surface area contributed by atoms with Crippen molar-refractivity contribution in [3.05, 3.63) is 54.1 Å². The highest BCUT2D eigenvalue weighted by molar-refractivity contribution is 5.90. The Hall–Kier alpha value is -3.87. The number of nitrogens with one attached hydrogen (secondary N) is 2. The highest BCUT2D eigenvalue weighted by Crippen LogP contribution is 2.28. The second kappa shape index (κ2) is 11.2. The summed E-state index contributed by atoms with van der Waals surface area (Å²) in [4.78, 5) is 42.8. The average Bonchev–Trinajstić information content (AvgIpc) is 3.07. The number of anilines is 2.